The maximum Gasteiger partial charge on any atom is 0.191 e. The van der Waals surface area contributed by atoms with Gasteiger partial charge in [0.05, 0.1) is 7.11 Å². The Bertz CT molecular complexity index is 354. The van der Waals surface area contributed by atoms with Gasteiger partial charge in [-0.1, -0.05) is 13.8 Å². The summed E-state index contributed by atoms with van der Waals surface area (Å²) in [6.07, 6.45) is -0.367. The molecule has 0 amide bonds. The number of carbonyl (C=O) groups is 1. The van der Waals surface area contributed by atoms with Crippen molar-refractivity contribution in [1.82, 2.24) is 0 Å². The number of Topliss-reactive ketones (excluding diaryl/α,β-unsaturated/α-hetero) is 1. The molecule has 1 atom stereocenters. The highest BCUT2D eigenvalue weighted by Crippen LogP contribution is 2.17. The van der Waals surface area contributed by atoms with E-state index in [1.807, 2.05) is 20.8 Å². The van der Waals surface area contributed by atoms with Crippen LogP contribution in [0.1, 0.15) is 31.1 Å². The van der Waals surface area contributed by atoms with E-state index in [2.05, 4.69) is 0 Å². The average Bonchev–Trinajstić information content (AvgIpc) is 2.35. The second-order valence-corrected chi connectivity index (χ2v) is 4.21. The van der Waals surface area contributed by atoms with Gasteiger partial charge in [0.15, 0.2) is 5.78 Å². The lowest BCUT2D eigenvalue weighted by molar-refractivity contribution is 0.0279. The first-order valence-corrected chi connectivity index (χ1v) is 5.90. The van der Waals surface area contributed by atoms with Gasteiger partial charge in [-0.2, -0.15) is 0 Å². The molecule has 0 aliphatic carbocycles. The number of ketones is 1. The van der Waals surface area contributed by atoms with E-state index >= 15 is 0 Å². The lowest BCUT2D eigenvalue weighted by atomic mass is 9.97. The Morgan fingerprint density at radius 3 is 2.24 bits per heavy atom. The first kappa shape index (κ1) is 13.7. The third-order valence-corrected chi connectivity index (χ3v) is 2.58. The average molecular weight is 236 g/mol. The Labute approximate surface area is 103 Å². The summed E-state index contributed by atoms with van der Waals surface area (Å²) in [4.78, 5) is 12.2. The van der Waals surface area contributed by atoms with Gasteiger partial charge in [0.25, 0.3) is 0 Å². The molecule has 0 saturated heterocycles. The summed E-state index contributed by atoms with van der Waals surface area (Å²) >= 11 is 0. The monoisotopic (exact) mass is 236 g/mol. The molecule has 0 aromatic heterocycles. The molecule has 3 heteroatoms. The number of ether oxygens (including phenoxy) is 2. The molecular weight excluding hydrogens is 216 g/mol. The zero-order valence-corrected chi connectivity index (χ0v) is 10.9. The summed E-state index contributed by atoms with van der Waals surface area (Å²) in [5.41, 5.74) is 0.665. The largest absolute Gasteiger partial charge is 0.497 e. The lowest BCUT2D eigenvalue weighted by Crippen LogP contribution is -2.29. The van der Waals surface area contributed by atoms with Crippen LogP contribution in [0.2, 0.25) is 0 Å². The van der Waals surface area contributed by atoms with Gasteiger partial charge in [0, 0.05) is 12.2 Å². The molecule has 0 bridgehead atoms. The van der Waals surface area contributed by atoms with Crippen LogP contribution >= 0.6 is 0 Å². The van der Waals surface area contributed by atoms with Gasteiger partial charge in [-0.25, -0.2) is 0 Å². The quantitative estimate of drug-likeness (QED) is 0.712. The maximum atomic E-state index is 12.2. The molecule has 94 valence electrons. The molecule has 17 heavy (non-hydrogen) atoms. The Balaban J connectivity index is 2.85. The van der Waals surface area contributed by atoms with E-state index in [1.165, 1.54) is 0 Å². The Morgan fingerprint density at radius 2 is 1.82 bits per heavy atom. The molecule has 1 aromatic rings. The van der Waals surface area contributed by atoms with Gasteiger partial charge in [0.2, 0.25) is 0 Å². The van der Waals surface area contributed by atoms with Crippen LogP contribution in [-0.2, 0) is 4.74 Å². The highest BCUT2D eigenvalue weighted by atomic mass is 16.5. The van der Waals surface area contributed by atoms with Crippen LogP contribution in [0.3, 0.4) is 0 Å². The molecule has 0 fully saturated rings. The van der Waals surface area contributed by atoms with E-state index < -0.39 is 0 Å². The molecule has 1 aromatic carbocycles. The van der Waals surface area contributed by atoms with E-state index in [0.717, 1.165) is 5.75 Å². The van der Waals surface area contributed by atoms with Crippen LogP contribution in [0.25, 0.3) is 0 Å². The Hall–Kier alpha value is -1.35. The summed E-state index contributed by atoms with van der Waals surface area (Å²) in [6.45, 7) is 6.42. The summed E-state index contributed by atoms with van der Waals surface area (Å²) in [6, 6.07) is 7.12. The fraction of sp³-hybridized carbons (Fsp3) is 0.500. The van der Waals surface area contributed by atoms with Gasteiger partial charge in [-0.3, -0.25) is 4.79 Å². The highest BCUT2D eigenvalue weighted by molar-refractivity contribution is 5.99. The highest BCUT2D eigenvalue weighted by Gasteiger charge is 2.23. The molecule has 1 unspecified atom stereocenters. The van der Waals surface area contributed by atoms with Crippen LogP contribution in [-0.4, -0.2) is 25.6 Å². The Kier molecular flexibility index (Phi) is 5.16. The molecule has 0 aliphatic rings. The lowest BCUT2D eigenvalue weighted by Gasteiger charge is -2.19. The summed E-state index contributed by atoms with van der Waals surface area (Å²) in [5, 5.41) is 0. The minimum Gasteiger partial charge on any atom is -0.497 e. The summed E-state index contributed by atoms with van der Waals surface area (Å²) in [7, 11) is 1.61. The van der Waals surface area contributed by atoms with Crippen molar-refractivity contribution in [2.45, 2.75) is 26.9 Å². The minimum absolute atomic E-state index is 0.0319. The molecule has 1 rings (SSSR count). The van der Waals surface area contributed by atoms with E-state index in [0.29, 0.717) is 12.2 Å². The molecular formula is C14H20O3. The molecule has 0 aliphatic heterocycles. The molecule has 0 N–H and O–H groups in total. The van der Waals surface area contributed by atoms with Crippen molar-refractivity contribution >= 4 is 5.78 Å². The zero-order valence-electron chi connectivity index (χ0n) is 10.9. The molecule has 0 heterocycles. The topological polar surface area (TPSA) is 35.5 Å². The summed E-state index contributed by atoms with van der Waals surface area (Å²) in [5.74, 6) is 0.952. The second kappa shape index (κ2) is 6.40. The smallest absolute Gasteiger partial charge is 0.191 e. The van der Waals surface area contributed by atoms with Gasteiger partial charge in [-0.15, -0.1) is 0 Å². The number of carbonyl (C=O) groups excluding carboxylic acids is 1. The molecule has 0 saturated carbocycles. The first-order chi connectivity index (χ1) is 8.10. The zero-order chi connectivity index (χ0) is 12.8. The van der Waals surface area contributed by atoms with Crippen molar-refractivity contribution < 1.29 is 14.3 Å². The predicted octanol–water partition coefficient (Wildman–Crippen LogP) is 2.94. The second-order valence-electron chi connectivity index (χ2n) is 4.21. The number of methoxy groups -OCH3 is 1. The van der Waals surface area contributed by atoms with Crippen LogP contribution in [0.4, 0.5) is 0 Å². The van der Waals surface area contributed by atoms with E-state index in [-0.39, 0.29) is 17.8 Å². The van der Waals surface area contributed by atoms with E-state index in [1.54, 1.807) is 31.4 Å². The number of rotatable bonds is 6. The van der Waals surface area contributed by atoms with Gasteiger partial charge in [0.1, 0.15) is 11.9 Å². The first-order valence-electron chi connectivity index (χ1n) is 5.90. The van der Waals surface area contributed by atoms with Crippen LogP contribution < -0.4 is 4.74 Å². The van der Waals surface area contributed by atoms with Crippen molar-refractivity contribution in [3.05, 3.63) is 29.8 Å². The van der Waals surface area contributed by atoms with E-state index in [4.69, 9.17) is 9.47 Å². The minimum atomic E-state index is -0.367. The third kappa shape index (κ3) is 3.56. The molecule has 0 radical (unpaired) electrons. The fourth-order valence-corrected chi connectivity index (χ4v) is 1.67. The van der Waals surface area contributed by atoms with Crippen molar-refractivity contribution in [2.75, 3.05) is 13.7 Å². The van der Waals surface area contributed by atoms with Gasteiger partial charge >= 0.3 is 0 Å². The van der Waals surface area contributed by atoms with Crippen molar-refractivity contribution in [3.63, 3.8) is 0 Å². The van der Waals surface area contributed by atoms with Crippen LogP contribution in [0.15, 0.2) is 24.3 Å². The fourth-order valence-electron chi connectivity index (χ4n) is 1.67. The number of hydrogen-bond donors (Lipinski definition) is 0. The van der Waals surface area contributed by atoms with Crippen molar-refractivity contribution in [2.24, 2.45) is 5.92 Å². The SMILES string of the molecule is CCOC(C(=O)c1ccc(OC)cc1)C(C)C. The van der Waals surface area contributed by atoms with Crippen molar-refractivity contribution in [1.29, 1.82) is 0 Å². The predicted molar refractivity (Wildman–Crippen MR) is 67.6 cm³/mol. The van der Waals surface area contributed by atoms with Gasteiger partial charge in [-0.05, 0) is 37.1 Å². The maximum absolute atomic E-state index is 12.2. The standard InChI is InChI=1S/C14H20O3/c1-5-17-14(10(2)3)13(15)11-6-8-12(16-4)9-7-11/h6-10,14H,5H2,1-4H3. The molecule has 3 nitrogen and oxygen atoms in total. The van der Waals surface area contributed by atoms with E-state index in [9.17, 15) is 4.79 Å². The van der Waals surface area contributed by atoms with Crippen LogP contribution in [0, 0.1) is 5.92 Å². The third-order valence-electron chi connectivity index (χ3n) is 2.58. The van der Waals surface area contributed by atoms with Crippen LogP contribution in [0.5, 0.6) is 5.75 Å². The number of hydrogen-bond acceptors (Lipinski definition) is 3. The Morgan fingerprint density at radius 1 is 1.24 bits per heavy atom. The van der Waals surface area contributed by atoms with Crippen molar-refractivity contribution in [3.8, 4) is 5.75 Å². The number of benzene rings is 1. The molecule has 0 spiro atoms. The van der Waals surface area contributed by atoms with Gasteiger partial charge < -0.3 is 9.47 Å². The summed E-state index contributed by atoms with van der Waals surface area (Å²) < 4.78 is 10.6. The normalized spacial score (nSPS) is 12.5.